The Labute approximate surface area is 173 Å². The number of methoxy groups -OCH3 is 2. The molecule has 3 rings (SSSR count). The van der Waals surface area contributed by atoms with Gasteiger partial charge in [-0.3, -0.25) is 4.79 Å². The van der Waals surface area contributed by atoms with Gasteiger partial charge in [-0.15, -0.1) is 0 Å². The first-order valence-corrected chi connectivity index (χ1v) is 11.5. The SMILES string of the molecule is COc1cc2sc(=NC(=O)CCS(=O)(=O)Cc3ccccc3)n(C)c2cc1OC. The van der Waals surface area contributed by atoms with Gasteiger partial charge in [-0.25, -0.2) is 8.42 Å². The first-order chi connectivity index (χ1) is 13.8. The maximum Gasteiger partial charge on any atom is 0.249 e. The predicted octanol–water partition coefficient (Wildman–Crippen LogP) is 2.69. The van der Waals surface area contributed by atoms with Crippen LogP contribution < -0.4 is 14.3 Å². The van der Waals surface area contributed by atoms with E-state index in [9.17, 15) is 13.2 Å². The number of aryl methyl sites for hydroxylation is 1. The molecule has 7 nitrogen and oxygen atoms in total. The van der Waals surface area contributed by atoms with Gasteiger partial charge in [0.1, 0.15) is 0 Å². The lowest BCUT2D eigenvalue weighted by molar-refractivity contribution is -0.117. The van der Waals surface area contributed by atoms with Crippen molar-refractivity contribution in [2.24, 2.45) is 12.0 Å². The number of carbonyl (C=O) groups excluding carboxylic acids is 1. The molecule has 0 fully saturated rings. The van der Waals surface area contributed by atoms with E-state index >= 15 is 0 Å². The van der Waals surface area contributed by atoms with Gasteiger partial charge in [0.2, 0.25) is 5.91 Å². The predicted molar refractivity (Wildman–Crippen MR) is 113 cm³/mol. The zero-order chi connectivity index (χ0) is 21.0. The van der Waals surface area contributed by atoms with Crippen molar-refractivity contribution in [3.8, 4) is 11.5 Å². The summed E-state index contributed by atoms with van der Waals surface area (Å²) in [5.74, 6) is 0.380. The summed E-state index contributed by atoms with van der Waals surface area (Å²) in [6, 6.07) is 12.6. The van der Waals surface area contributed by atoms with E-state index in [-0.39, 0.29) is 17.9 Å². The fraction of sp³-hybridized carbons (Fsp3) is 0.300. The van der Waals surface area contributed by atoms with E-state index in [4.69, 9.17) is 9.47 Å². The van der Waals surface area contributed by atoms with Crippen LogP contribution in [0.3, 0.4) is 0 Å². The monoisotopic (exact) mass is 434 g/mol. The number of rotatable bonds is 7. The summed E-state index contributed by atoms with van der Waals surface area (Å²) in [5, 5.41) is 0. The highest BCUT2D eigenvalue weighted by Crippen LogP contribution is 2.33. The molecule has 0 atom stereocenters. The standard InChI is InChI=1S/C20H22N2O5S2/c1-22-15-11-16(26-2)17(27-3)12-18(15)28-20(22)21-19(23)9-10-29(24,25)13-14-7-5-4-6-8-14/h4-8,11-12H,9-10,13H2,1-3H3. The smallest absolute Gasteiger partial charge is 0.249 e. The number of aromatic nitrogens is 1. The Morgan fingerprint density at radius 1 is 1.10 bits per heavy atom. The molecule has 29 heavy (non-hydrogen) atoms. The van der Waals surface area contributed by atoms with Gasteiger partial charge in [-0.1, -0.05) is 41.7 Å². The van der Waals surface area contributed by atoms with E-state index in [1.54, 1.807) is 50.1 Å². The molecule has 154 valence electrons. The number of nitrogens with zero attached hydrogens (tertiary/aromatic N) is 2. The van der Waals surface area contributed by atoms with Crippen LogP contribution in [0.4, 0.5) is 0 Å². The molecule has 3 aromatic rings. The Bertz CT molecular complexity index is 1190. The molecule has 1 amide bonds. The van der Waals surface area contributed by atoms with Gasteiger partial charge in [0.05, 0.1) is 35.9 Å². The highest BCUT2D eigenvalue weighted by Gasteiger charge is 2.15. The molecule has 0 N–H and O–H groups in total. The largest absolute Gasteiger partial charge is 0.493 e. The van der Waals surface area contributed by atoms with Gasteiger partial charge in [-0.2, -0.15) is 4.99 Å². The van der Waals surface area contributed by atoms with Crippen LogP contribution in [-0.4, -0.2) is 38.9 Å². The average Bonchev–Trinajstić information content (AvgIpc) is 3.00. The molecule has 0 spiro atoms. The van der Waals surface area contributed by atoms with Crippen LogP contribution in [-0.2, 0) is 27.4 Å². The van der Waals surface area contributed by atoms with Crippen molar-refractivity contribution >= 4 is 37.3 Å². The van der Waals surface area contributed by atoms with Gasteiger partial charge < -0.3 is 14.0 Å². The second-order valence-corrected chi connectivity index (χ2v) is 9.64. The molecule has 0 bridgehead atoms. The van der Waals surface area contributed by atoms with Crippen LogP contribution in [0.1, 0.15) is 12.0 Å². The van der Waals surface area contributed by atoms with Crippen molar-refractivity contribution in [1.82, 2.24) is 4.57 Å². The molecule has 2 aromatic carbocycles. The van der Waals surface area contributed by atoms with Crippen molar-refractivity contribution in [2.45, 2.75) is 12.2 Å². The van der Waals surface area contributed by atoms with E-state index in [0.29, 0.717) is 21.9 Å². The van der Waals surface area contributed by atoms with Gasteiger partial charge in [-0.05, 0) is 5.56 Å². The maximum atomic E-state index is 12.3. The Balaban J connectivity index is 1.78. The van der Waals surface area contributed by atoms with E-state index in [0.717, 1.165) is 10.2 Å². The van der Waals surface area contributed by atoms with Crippen LogP contribution in [0.5, 0.6) is 11.5 Å². The lowest BCUT2D eigenvalue weighted by Gasteiger charge is -2.07. The molecule has 0 saturated carbocycles. The Morgan fingerprint density at radius 2 is 1.76 bits per heavy atom. The summed E-state index contributed by atoms with van der Waals surface area (Å²) in [4.78, 5) is 16.9. The number of ether oxygens (including phenoxy) is 2. The lowest BCUT2D eigenvalue weighted by Crippen LogP contribution is -2.16. The summed E-state index contributed by atoms with van der Waals surface area (Å²) in [6.07, 6.45) is -0.157. The van der Waals surface area contributed by atoms with Crippen LogP contribution >= 0.6 is 11.3 Å². The van der Waals surface area contributed by atoms with Gasteiger partial charge >= 0.3 is 0 Å². The third-order valence-corrected chi connectivity index (χ3v) is 7.09. The number of amides is 1. The highest BCUT2D eigenvalue weighted by molar-refractivity contribution is 7.90. The summed E-state index contributed by atoms with van der Waals surface area (Å²) in [7, 11) is 1.52. The Morgan fingerprint density at radius 3 is 2.41 bits per heavy atom. The third-order valence-electron chi connectivity index (χ3n) is 4.39. The third kappa shape index (κ3) is 5.04. The van der Waals surface area contributed by atoms with Gasteiger partial charge in [0.25, 0.3) is 0 Å². The minimum Gasteiger partial charge on any atom is -0.493 e. The Kier molecular flexibility index (Phi) is 6.39. The fourth-order valence-corrected chi connectivity index (χ4v) is 5.24. The quantitative estimate of drug-likeness (QED) is 0.571. The minimum atomic E-state index is -3.39. The second kappa shape index (κ2) is 8.79. The first-order valence-electron chi connectivity index (χ1n) is 8.86. The van der Waals surface area contributed by atoms with Crippen molar-refractivity contribution in [3.05, 3.63) is 52.8 Å². The highest BCUT2D eigenvalue weighted by atomic mass is 32.2. The zero-order valence-corrected chi connectivity index (χ0v) is 18.0. The van der Waals surface area contributed by atoms with Gasteiger partial charge in [0.15, 0.2) is 26.1 Å². The van der Waals surface area contributed by atoms with Crippen molar-refractivity contribution in [2.75, 3.05) is 20.0 Å². The number of sulfone groups is 1. The van der Waals surface area contributed by atoms with Crippen molar-refractivity contribution in [1.29, 1.82) is 0 Å². The first kappa shape index (κ1) is 21.1. The lowest BCUT2D eigenvalue weighted by atomic mass is 10.2. The topological polar surface area (TPSA) is 87.0 Å². The van der Waals surface area contributed by atoms with E-state index in [1.165, 1.54) is 11.3 Å². The molecular formula is C20H22N2O5S2. The molecular weight excluding hydrogens is 412 g/mol. The van der Waals surface area contributed by atoms with Crippen LogP contribution in [0.15, 0.2) is 47.5 Å². The zero-order valence-electron chi connectivity index (χ0n) is 16.4. The van der Waals surface area contributed by atoms with Gasteiger partial charge in [0, 0.05) is 25.6 Å². The van der Waals surface area contributed by atoms with Crippen molar-refractivity contribution < 1.29 is 22.7 Å². The molecule has 9 heteroatoms. The molecule has 0 aliphatic heterocycles. The number of carbonyl (C=O) groups is 1. The van der Waals surface area contributed by atoms with E-state index in [1.807, 2.05) is 18.2 Å². The number of hydrogen-bond acceptors (Lipinski definition) is 6. The van der Waals surface area contributed by atoms with Crippen LogP contribution in [0.2, 0.25) is 0 Å². The van der Waals surface area contributed by atoms with E-state index in [2.05, 4.69) is 4.99 Å². The van der Waals surface area contributed by atoms with Crippen LogP contribution in [0, 0.1) is 0 Å². The molecule has 1 heterocycles. The molecule has 0 aliphatic rings. The summed E-state index contributed by atoms with van der Waals surface area (Å²) in [6.45, 7) is 0. The molecule has 0 unspecified atom stereocenters. The summed E-state index contributed by atoms with van der Waals surface area (Å²) in [5.41, 5.74) is 1.55. The summed E-state index contributed by atoms with van der Waals surface area (Å²) < 4.78 is 37.8. The number of fused-ring (bicyclic) bond motifs is 1. The second-order valence-electron chi connectivity index (χ2n) is 6.45. The van der Waals surface area contributed by atoms with Crippen molar-refractivity contribution in [3.63, 3.8) is 0 Å². The van der Waals surface area contributed by atoms with Crippen LogP contribution in [0.25, 0.3) is 10.2 Å². The minimum absolute atomic E-state index is 0.0859. The summed E-state index contributed by atoms with van der Waals surface area (Å²) >= 11 is 1.33. The maximum absolute atomic E-state index is 12.3. The number of hydrogen-bond donors (Lipinski definition) is 0. The normalized spacial score (nSPS) is 12.3. The molecule has 1 aromatic heterocycles. The fourth-order valence-electron chi connectivity index (χ4n) is 2.87. The molecule has 0 saturated heterocycles. The Hall–Kier alpha value is -2.65. The number of benzene rings is 2. The van der Waals surface area contributed by atoms with E-state index < -0.39 is 15.7 Å². The number of thiazole rings is 1. The molecule has 0 aliphatic carbocycles. The average molecular weight is 435 g/mol. The molecule has 0 radical (unpaired) electrons.